The Morgan fingerprint density at radius 1 is 1.29 bits per heavy atom. The molecule has 0 spiro atoms. The van der Waals surface area contributed by atoms with Gasteiger partial charge in [-0.05, 0) is 37.0 Å². The molecular weight excluding hydrogens is 280 g/mol. The number of hydrogen-bond donors (Lipinski definition) is 1. The van der Waals surface area contributed by atoms with Gasteiger partial charge in [-0.15, -0.1) is 11.3 Å². The Balaban J connectivity index is 2.29. The zero-order valence-corrected chi connectivity index (χ0v) is 14.5. The van der Waals surface area contributed by atoms with Crippen LogP contribution in [0.2, 0.25) is 0 Å². The van der Waals surface area contributed by atoms with Crippen molar-refractivity contribution in [1.29, 1.82) is 0 Å². The second-order valence-electron chi connectivity index (χ2n) is 6.32. The van der Waals surface area contributed by atoms with Gasteiger partial charge in [0.15, 0.2) is 0 Å². The van der Waals surface area contributed by atoms with E-state index in [1.165, 1.54) is 5.56 Å². The molecule has 0 saturated carbocycles. The van der Waals surface area contributed by atoms with Gasteiger partial charge in [0.05, 0.1) is 29.5 Å². The summed E-state index contributed by atoms with van der Waals surface area (Å²) in [6.07, 6.45) is 0. The Labute approximate surface area is 131 Å². The van der Waals surface area contributed by atoms with Crippen LogP contribution in [0.4, 0.5) is 5.69 Å². The highest BCUT2D eigenvalue weighted by Gasteiger charge is 2.17. The molecule has 1 heterocycles. The molecule has 4 heteroatoms. The third kappa shape index (κ3) is 3.76. The first-order chi connectivity index (χ1) is 9.81. The van der Waals surface area contributed by atoms with Crippen molar-refractivity contribution in [2.24, 2.45) is 0 Å². The largest absolute Gasteiger partial charge is 0.495 e. The first kappa shape index (κ1) is 15.8. The monoisotopic (exact) mass is 304 g/mol. The van der Waals surface area contributed by atoms with Crippen LogP contribution in [0.5, 0.6) is 5.75 Å². The maximum Gasteiger partial charge on any atom is 0.141 e. The van der Waals surface area contributed by atoms with Gasteiger partial charge in [0.2, 0.25) is 0 Å². The van der Waals surface area contributed by atoms with Crippen LogP contribution in [0.15, 0.2) is 23.6 Å². The lowest BCUT2D eigenvalue weighted by Crippen LogP contribution is -2.13. The lowest BCUT2D eigenvalue weighted by Gasteiger charge is -2.23. The van der Waals surface area contributed by atoms with E-state index < -0.39 is 0 Å². The van der Waals surface area contributed by atoms with Crippen molar-refractivity contribution in [3.8, 4) is 5.75 Å². The van der Waals surface area contributed by atoms with Crippen molar-refractivity contribution in [3.05, 3.63) is 39.8 Å². The normalized spacial score (nSPS) is 13.0. The van der Waals surface area contributed by atoms with Crippen LogP contribution in [0.25, 0.3) is 0 Å². The highest BCUT2D eigenvalue weighted by molar-refractivity contribution is 7.09. The van der Waals surface area contributed by atoms with Gasteiger partial charge in [-0.25, -0.2) is 4.98 Å². The quantitative estimate of drug-likeness (QED) is 0.869. The zero-order chi connectivity index (χ0) is 15.6. The lowest BCUT2D eigenvalue weighted by molar-refractivity contribution is 0.415. The molecule has 0 radical (unpaired) electrons. The fourth-order valence-electron chi connectivity index (χ4n) is 2.17. The second kappa shape index (κ2) is 6.06. The van der Waals surface area contributed by atoms with Crippen molar-refractivity contribution in [1.82, 2.24) is 4.98 Å². The van der Waals surface area contributed by atoms with E-state index in [1.54, 1.807) is 18.4 Å². The SMILES string of the molecule is COc1ccc(C(C)(C)C)cc1NC(C)c1csc(C)n1. The molecule has 0 amide bonds. The van der Waals surface area contributed by atoms with Gasteiger partial charge in [0.1, 0.15) is 5.75 Å². The molecule has 3 nitrogen and oxygen atoms in total. The minimum Gasteiger partial charge on any atom is -0.495 e. The number of benzene rings is 1. The van der Waals surface area contributed by atoms with Crippen molar-refractivity contribution in [2.75, 3.05) is 12.4 Å². The van der Waals surface area contributed by atoms with E-state index in [-0.39, 0.29) is 11.5 Å². The van der Waals surface area contributed by atoms with Gasteiger partial charge in [0, 0.05) is 5.38 Å². The van der Waals surface area contributed by atoms with Crippen LogP contribution in [-0.4, -0.2) is 12.1 Å². The summed E-state index contributed by atoms with van der Waals surface area (Å²) >= 11 is 1.68. The van der Waals surface area contributed by atoms with Crippen LogP contribution in [-0.2, 0) is 5.41 Å². The molecule has 0 aliphatic rings. The summed E-state index contributed by atoms with van der Waals surface area (Å²) in [7, 11) is 1.70. The Bertz CT molecular complexity index is 613. The number of anilines is 1. The molecule has 0 fully saturated rings. The van der Waals surface area contributed by atoms with Gasteiger partial charge in [-0.1, -0.05) is 26.8 Å². The Morgan fingerprint density at radius 2 is 2.00 bits per heavy atom. The molecule has 0 aliphatic carbocycles. The summed E-state index contributed by atoms with van der Waals surface area (Å²) < 4.78 is 5.47. The molecule has 114 valence electrons. The molecule has 2 aromatic rings. The molecule has 0 aliphatic heterocycles. The van der Waals surface area contributed by atoms with Crippen LogP contribution < -0.4 is 10.1 Å². The van der Waals surface area contributed by atoms with Crippen LogP contribution in [0.3, 0.4) is 0 Å². The first-order valence-corrected chi connectivity index (χ1v) is 8.06. The van der Waals surface area contributed by atoms with E-state index in [2.05, 4.69) is 55.5 Å². The molecule has 0 bridgehead atoms. The zero-order valence-electron chi connectivity index (χ0n) is 13.7. The Hall–Kier alpha value is -1.55. The van der Waals surface area contributed by atoms with E-state index in [4.69, 9.17) is 4.74 Å². The number of methoxy groups -OCH3 is 1. The minimum atomic E-state index is 0.114. The van der Waals surface area contributed by atoms with E-state index in [0.29, 0.717) is 0 Å². The second-order valence-corrected chi connectivity index (χ2v) is 7.38. The molecule has 1 aromatic carbocycles. The highest BCUT2D eigenvalue weighted by Crippen LogP contribution is 2.33. The fraction of sp³-hybridized carbons (Fsp3) is 0.471. The average Bonchev–Trinajstić information content (AvgIpc) is 2.84. The number of hydrogen-bond acceptors (Lipinski definition) is 4. The van der Waals surface area contributed by atoms with E-state index >= 15 is 0 Å². The number of aryl methyl sites for hydroxylation is 1. The predicted molar refractivity (Wildman–Crippen MR) is 90.6 cm³/mol. The molecule has 0 saturated heterocycles. The summed E-state index contributed by atoms with van der Waals surface area (Å²) in [5, 5.41) is 6.72. The predicted octanol–water partition coefficient (Wildman–Crippen LogP) is 4.93. The molecule has 1 N–H and O–H groups in total. The molecule has 1 aromatic heterocycles. The van der Waals surface area contributed by atoms with Crippen molar-refractivity contribution in [2.45, 2.75) is 46.1 Å². The number of nitrogens with one attached hydrogen (secondary N) is 1. The summed E-state index contributed by atoms with van der Waals surface area (Å²) in [5.41, 5.74) is 3.49. The fourth-order valence-corrected chi connectivity index (χ4v) is 2.88. The summed E-state index contributed by atoms with van der Waals surface area (Å²) in [5.74, 6) is 0.863. The lowest BCUT2D eigenvalue weighted by atomic mass is 9.86. The van der Waals surface area contributed by atoms with Gasteiger partial charge < -0.3 is 10.1 Å². The number of thiazole rings is 1. The third-order valence-corrected chi connectivity index (χ3v) is 4.31. The first-order valence-electron chi connectivity index (χ1n) is 7.18. The summed E-state index contributed by atoms with van der Waals surface area (Å²) in [4.78, 5) is 4.55. The molecule has 1 unspecified atom stereocenters. The van der Waals surface area contributed by atoms with Crippen molar-refractivity contribution >= 4 is 17.0 Å². The number of nitrogens with zero attached hydrogens (tertiary/aromatic N) is 1. The molecular formula is C17H24N2OS. The average molecular weight is 304 g/mol. The smallest absolute Gasteiger partial charge is 0.141 e. The highest BCUT2D eigenvalue weighted by atomic mass is 32.1. The number of ether oxygens (including phenoxy) is 1. The van der Waals surface area contributed by atoms with Gasteiger partial charge >= 0.3 is 0 Å². The number of rotatable bonds is 4. The van der Waals surface area contributed by atoms with E-state index in [9.17, 15) is 0 Å². The van der Waals surface area contributed by atoms with Gasteiger partial charge in [0.25, 0.3) is 0 Å². The van der Waals surface area contributed by atoms with Crippen LogP contribution in [0.1, 0.15) is 50.0 Å². The Morgan fingerprint density at radius 3 is 2.52 bits per heavy atom. The van der Waals surface area contributed by atoms with Gasteiger partial charge in [-0.2, -0.15) is 0 Å². The van der Waals surface area contributed by atoms with Crippen LogP contribution in [0, 0.1) is 6.92 Å². The third-order valence-electron chi connectivity index (χ3n) is 3.52. The molecule has 1 atom stereocenters. The number of aromatic nitrogens is 1. The maximum atomic E-state index is 5.47. The summed E-state index contributed by atoms with van der Waals surface area (Å²) in [6, 6.07) is 6.48. The van der Waals surface area contributed by atoms with E-state index in [1.807, 2.05) is 13.0 Å². The van der Waals surface area contributed by atoms with Crippen LogP contribution >= 0.6 is 11.3 Å². The maximum absolute atomic E-state index is 5.47. The summed E-state index contributed by atoms with van der Waals surface area (Å²) in [6.45, 7) is 10.8. The standard InChI is InChI=1S/C17H24N2OS/c1-11(15-10-21-12(2)19-15)18-14-9-13(17(3,4)5)7-8-16(14)20-6/h7-11,18H,1-6H3. The van der Waals surface area contributed by atoms with Crippen molar-refractivity contribution in [3.63, 3.8) is 0 Å². The van der Waals surface area contributed by atoms with E-state index in [0.717, 1.165) is 22.1 Å². The molecule has 2 rings (SSSR count). The van der Waals surface area contributed by atoms with Gasteiger partial charge in [-0.3, -0.25) is 0 Å². The van der Waals surface area contributed by atoms with Crippen molar-refractivity contribution < 1.29 is 4.74 Å². The minimum absolute atomic E-state index is 0.114. The molecule has 21 heavy (non-hydrogen) atoms. The Kier molecular flexibility index (Phi) is 4.57. The topological polar surface area (TPSA) is 34.1 Å².